The van der Waals surface area contributed by atoms with Gasteiger partial charge in [-0.25, -0.2) is 9.97 Å². The monoisotopic (exact) mass is 310 g/mol. The Kier molecular flexibility index (Phi) is 3.47. The molecule has 0 saturated heterocycles. The quantitative estimate of drug-likeness (QED) is 0.777. The lowest BCUT2D eigenvalue weighted by Gasteiger charge is -2.11. The van der Waals surface area contributed by atoms with Gasteiger partial charge in [0.05, 0.1) is 18.4 Å². The summed E-state index contributed by atoms with van der Waals surface area (Å²) in [5, 5.41) is 10.7. The Bertz CT molecular complexity index is 789. The van der Waals surface area contributed by atoms with Crippen LogP contribution in [0.25, 0.3) is 11.0 Å². The van der Waals surface area contributed by atoms with E-state index in [-0.39, 0.29) is 6.54 Å². The van der Waals surface area contributed by atoms with Crippen molar-refractivity contribution in [1.29, 1.82) is 0 Å². The van der Waals surface area contributed by atoms with E-state index in [1.807, 2.05) is 13.0 Å². The number of aryl methyl sites for hydroxylation is 1. The average molecular weight is 310 g/mol. The molecule has 0 aliphatic rings. The molecule has 0 aliphatic heterocycles. The van der Waals surface area contributed by atoms with Gasteiger partial charge in [0.2, 0.25) is 0 Å². The van der Waals surface area contributed by atoms with E-state index in [0.29, 0.717) is 17.2 Å². The van der Waals surface area contributed by atoms with Crippen molar-refractivity contribution >= 4 is 16.7 Å². The first-order chi connectivity index (χ1) is 10.4. The summed E-state index contributed by atoms with van der Waals surface area (Å²) < 4.78 is 38.4. The van der Waals surface area contributed by atoms with E-state index in [1.54, 1.807) is 6.20 Å². The topological polar surface area (TPSA) is 71.4 Å². The van der Waals surface area contributed by atoms with Crippen LogP contribution in [0.3, 0.4) is 0 Å². The Morgan fingerprint density at radius 1 is 1.32 bits per heavy atom. The van der Waals surface area contributed by atoms with Gasteiger partial charge in [0, 0.05) is 23.5 Å². The first-order valence-corrected chi connectivity index (χ1v) is 6.54. The molecule has 9 heteroatoms. The zero-order valence-corrected chi connectivity index (χ0v) is 11.6. The van der Waals surface area contributed by atoms with Gasteiger partial charge in [0.1, 0.15) is 12.4 Å². The number of imidazole rings is 1. The van der Waals surface area contributed by atoms with Gasteiger partial charge in [0.15, 0.2) is 5.65 Å². The molecule has 0 aromatic carbocycles. The Hall–Kier alpha value is -2.58. The molecule has 0 amide bonds. The summed E-state index contributed by atoms with van der Waals surface area (Å²) in [4.78, 5) is 8.12. The fourth-order valence-electron chi connectivity index (χ4n) is 2.14. The van der Waals surface area contributed by atoms with Crippen molar-refractivity contribution in [3.63, 3.8) is 0 Å². The van der Waals surface area contributed by atoms with Gasteiger partial charge in [-0.15, -0.1) is 0 Å². The summed E-state index contributed by atoms with van der Waals surface area (Å²) in [6.45, 7) is 0.992. The highest BCUT2D eigenvalue weighted by atomic mass is 19.4. The second-order valence-corrected chi connectivity index (χ2v) is 4.88. The SMILES string of the molecule is Cc1[nH]nc2ncc(NCc3nccn3CC(F)(F)F)cc12. The van der Waals surface area contributed by atoms with Crippen molar-refractivity contribution in [3.05, 3.63) is 36.2 Å². The first kappa shape index (κ1) is 14.4. The third kappa shape index (κ3) is 3.02. The number of H-pyrrole nitrogens is 1. The minimum Gasteiger partial charge on any atom is -0.377 e. The van der Waals surface area contributed by atoms with Crippen LogP contribution < -0.4 is 5.32 Å². The molecule has 0 spiro atoms. The molecule has 116 valence electrons. The van der Waals surface area contributed by atoms with Crippen LogP contribution >= 0.6 is 0 Å². The van der Waals surface area contributed by atoms with Crippen LogP contribution in [-0.4, -0.2) is 30.9 Å². The van der Waals surface area contributed by atoms with Crippen LogP contribution in [0, 0.1) is 6.92 Å². The number of fused-ring (bicyclic) bond motifs is 1. The second kappa shape index (κ2) is 5.32. The summed E-state index contributed by atoms with van der Waals surface area (Å²) in [5.74, 6) is 0.307. The third-order valence-electron chi connectivity index (χ3n) is 3.20. The number of nitrogens with zero attached hydrogens (tertiary/aromatic N) is 4. The molecule has 0 aliphatic carbocycles. The number of halogens is 3. The molecule has 0 radical (unpaired) electrons. The number of alkyl halides is 3. The smallest absolute Gasteiger partial charge is 0.377 e. The molecule has 22 heavy (non-hydrogen) atoms. The first-order valence-electron chi connectivity index (χ1n) is 6.54. The molecule has 3 aromatic heterocycles. The number of pyridine rings is 1. The summed E-state index contributed by atoms with van der Waals surface area (Å²) in [5.41, 5.74) is 2.17. The zero-order chi connectivity index (χ0) is 15.7. The Morgan fingerprint density at radius 2 is 2.14 bits per heavy atom. The van der Waals surface area contributed by atoms with Crippen LogP contribution in [0.15, 0.2) is 24.7 Å². The van der Waals surface area contributed by atoms with E-state index in [4.69, 9.17) is 0 Å². The van der Waals surface area contributed by atoms with Crippen molar-refractivity contribution < 1.29 is 13.2 Å². The second-order valence-electron chi connectivity index (χ2n) is 4.88. The highest BCUT2D eigenvalue weighted by Gasteiger charge is 2.28. The number of aromatic nitrogens is 5. The van der Waals surface area contributed by atoms with Crippen molar-refractivity contribution in [2.45, 2.75) is 26.2 Å². The maximum Gasteiger partial charge on any atom is 0.406 e. The lowest BCUT2D eigenvalue weighted by molar-refractivity contribution is -0.141. The van der Waals surface area contributed by atoms with Gasteiger partial charge in [-0.05, 0) is 13.0 Å². The largest absolute Gasteiger partial charge is 0.406 e. The summed E-state index contributed by atoms with van der Waals surface area (Å²) in [7, 11) is 0. The van der Waals surface area contributed by atoms with Crippen LogP contribution in [-0.2, 0) is 13.1 Å². The van der Waals surface area contributed by atoms with Gasteiger partial charge < -0.3 is 9.88 Å². The number of aromatic amines is 1. The Labute approximate surface area is 123 Å². The lowest BCUT2D eigenvalue weighted by atomic mass is 10.2. The normalized spacial score (nSPS) is 12.0. The van der Waals surface area contributed by atoms with E-state index in [9.17, 15) is 13.2 Å². The van der Waals surface area contributed by atoms with Crippen molar-refractivity contribution in [2.24, 2.45) is 0 Å². The van der Waals surface area contributed by atoms with E-state index >= 15 is 0 Å². The van der Waals surface area contributed by atoms with Gasteiger partial charge in [-0.2, -0.15) is 18.3 Å². The maximum absolute atomic E-state index is 12.5. The standard InChI is InChI=1S/C13H13F3N6/c1-8-10-4-9(5-19-12(10)21-20-8)18-6-11-17-2-3-22(11)7-13(14,15)16/h2-5,18H,6-7H2,1H3,(H,19,20,21). The Balaban J connectivity index is 1.74. The molecule has 0 fully saturated rings. The molecule has 3 aromatic rings. The molecule has 2 N–H and O–H groups in total. The maximum atomic E-state index is 12.5. The molecule has 6 nitrogen and oxygen atoms in total. The van der Waals surface area contributed by atoms with Crippen LogP contribution in [0.4, 0.5) is 18.9 Å². The number of nitrogens with one attached hydrogen (secondary N) is 2. The molecule has 0 unspecified atom stereocenters. The van der Waals surface area contributed by atoms with Crippen LogP contribution in [0.1, 0.15) is 11.5 Å². The molecule has 0 atom stereocenters. The molecular weight excluding hydrogens is 297 g/mol. The predicted molar refractivity (Wildman–Crippen MR) is 74.2 cm³/mol. The van der Waals surface area contributed by atoms with E-state index < -0.39 is 12.7 Å². The van der Waals surface area contributed by atoms with E-state index in [0.717, 1.165) is 15.6 Å². The average Bonchev–Trinajstić information content (AvgIpc) is 3.02. The van der Waals surface area contributed by atoms with E-state index in [1.165, 1.54) is 12.4 Å². The number of hydrogen-bond acceptors (Lipinski definition) is 4. The number of rotatable bonds is 4. The number of hydrogen-bond donors (Lipinski definition) is 2. The van der Waals surface area contributed by atoms with Gasteiger partial charge in [-0.1, -0.05) is 0 Å². The molecule has 3 heterocycles. The molecular formula is C13H13F3N6. The van der Waals surface area contributed by atoms with E-state index in [2.05, 4.69) is 25.5 Å². The Morgan fingerprint density at radius 3 is 2.91 bits per heavy atom. The minimum atomic E-state index is -4.27. The zero-order valence-electron chi connectivity index (χ0n) is 11.6. The number of anilines is 1. The fourth-order valence-corrected chi connectivity index (χ4v) is 2.14. The highest BCUT2D eigenvalue weighted by Crippen LogP contribution is 2.20. The minimum absolute atomic E-state index is 0.174. The molecule has 0 bridgehead atoms. The summed E-state index contributed by atoms with van der Waals surface area (Å²) in [6, 6.07) is 1.85. The fraction of sp³-hybridized carbons (Fsp3) is 0.308. The highest BCUT2D eigenvalue weighted by molar-refractivity contribution is 5.80. The summed E-state index contributed by atoms with van der Waals surface area (Å²) >= 11 is 0. The summed E-state index contributed by atoms with van der Waals surface area (Å²) in [6.07, 6.45) is -0.0277. The predicted octanol–water partition coefficient (Wildman–Crippen LogP) is 2.64. The van der Waals surface area contributed by atoms with Gasteiger partial charge in [-0.3, -0.25) is 5.10 Å². The van der Waals surface area contributed by atoms with Crippen molar-refractivity contribution in [3.8, 4) is 0 Å². The van der Waals surface area contributed by atoms with Crippen molar-refractivity contribution in [2.75, 3.05) is 5.32 Å². The third-order valence-corrected chi connectivity index (χ3v) is 3.20. The van der Waals surface area contributed by atoms with Gasteiger partial charge in [0.25, 0.3) is 0 Å². The lowest BCUT2D eigenvalue weighted by Crippen LogP contribution is -2.20. The van der Waals surface area contributed by atoms with Gasteiger partial charge >= 0.3 is 6.18 Å². The molecule has 0 saturated carbocycles. The van der Waals surface area contributed by atoms with Crippen LogP contribution in [0.5, 0.6) is 0 Å². The van der Waals surface area contributed by atoms with Crippen LogP contribution in [0.2, 0.25) is 0 Å². The van der Waals surface area contributed by atoms with Crippen molar-refractivity contribution in [1.82, 2.24) is 24.7 Å². The molecule has 3 rings (SSSR count).